The minimum absolute atomic E-state index is 0.254. The van der Waals surface area contributed by atoms with Gasteiger partial charge >= 0.3 is 0 Å². The van der Waals surface area contributed by atoms with Gasteiger partial charge in [0.2, 0.25) is 5.91 Å². The van der Waals surface area contributed by atoms with Crippen LogP contribution in [0.3, 0.4) is 0 Å². The van der Waals surface area contributed by atoms with Crippen molar-refractivity contribution in [3.63, 3.8) is 0 Å². The highest BCUT2D eigenvalue weighted by Crippen LogP contribution is 2.39. The minimum Gasteiger partial charge on any atom is -0.338 e. The van der Waals surface area contributed by atoms with Gasteiger partial charge < -0.3 is 4.90 Å². The Morgan fingerprint density at radius 1 is 0.962 bits per heavy atom. The molecule has 1 saturated carbocycles. The molecular weight excluding hydrogens is 367 g/mol. The van der Waals surface area contributed by atoms with Crippen molar-refractivity contribution in [3.8, 4) is 0 Å². The van der Waals surface area contributed by atoms with Crippen molar-refractivity contribution in [2.45, 2.75) is 63.5 Å². The number of hydrogen-bond acceptors (Lipinski definition) is 2. The first kappa shape index (κ1) is 18.6. The van der Waals surface area contributed by atoms with Gasteiger partial charge in [-0.05, 0) is 75.2 Å². The molecule has 3 aliphatic rings. The fourth-order valence-electron chi connectivity index (χ4n) is 5.38. The van der Waals surface area contributed by atoms with Crippen LogP contribution in [0.15, 0.2) is 18.2 Å². The number of benzene rings is 1. The number of rotatable bonds is 3. The van der Waals surface area contributed by atoms with Crippen molar-refractivity contribution in [1.82, 2.24) is 9.80 Å². The monoisotopic (exact) mass is 394 g/mol. The van der Waals surface area contributed by atoms with E-state index >= 15 is 0 Å². The molecule has 1 amide bonds. The second-order valence-corrected chi connectivity index (χ2v) is 8.96. The van der Waals surface area contributed by atoms with E-state index in [1.54, 1.807) is 6.07 Å². The molecule has 1 aromatic rings. The van der Waals surface area contributed by atoms with Crippen LogP contribution in [0.25, 0.3) is 0 Å². The third-order valence-corrected chi connectivity index (χ3v) is 7.29. The Morgan fingerprint density at radius 2 is 1.73 bits per heavy atom. The Labute approximate surface area is 166 Å². The van der Waals surface area contributed by atoms with Crippen LogP contribution in [0.2, 0.25) is 10.0 Å². The van der Waals surface area contributed by atoms with Crippen LogP contribution in [0.5, 0.6) is 0 Å². The molecule has 1 aromatic carbocycles. The average Bonchev–Trinajstić information content (AvgIpc) is 3.18. The molecule has 5 heteroatoms. The minimum atomic E-state index is 0.254. The third-order valence-electron chi connectivity index (χ3n) is 6.56. The molecule has 0 spiro atoms. The number of halogens is 2. The van der Waals surface area contributed by atoms with Gasteiger partial charge in [0.05, 0.1) is 22.5 Å². The van der Waals surface area contributed by atoms with Crippen LogP contribution in [0.4, 0.5) is 0 Å². The van der Waals surface area contributed by atoms with Crippen LogP contribution < -0.4 is 0 Å². The molecule has 0 radical (unpaired) electrons. The first-order chi connectivity index (χ1) is 12.6. The normalized spacial score (nSPS) is 29.6. The summed E-state index contributed by atoms with van der Waals surface area (Å²) in [4.78, 5) is 18.1. The Kier molecular flexibility index (Phi) is 5.78. The lowest BCUT2D eigenvalue weighted by molar-refractivity contribution is -0.139. The highest BCUT2D eigenvalue weighted by Gasteiger charge is 2.43. The number of likely N-dealkylation sites (tertiary alicyclic amines) is 2. The topological polar surface area (TPSA) is 23.6 Å². The lowest BCUT2D eigenvalue weighted by Crippen LogP contribution is -2.60. The summed E-state index contributed by atoms with van der Waals surface area (Å²) in [5.41, 5.74) is 0.958. The molecule has 3 fully saturated rings. The molecule has 0 unspecified atom stereocenters. The average molecular weight is 395 g/mol. The van der Waals surface area contributed by atoms with E-state index in [-0.39, 0.29) is 5.91 Å². The molecule has 2 saturated heterocycles. The van der Waals surface area contributed by atoms with Gasteiger partial charge in [0.15, 0.2) is 0 Å². The Balaban J connectivity index is 1.52. The lowest BCUT2D eigenvalue weighted by atomic mass is 9.74. The first-order valence-electron chi connectivity index (χ1n) is 10.1. The summed E-state index contributed by atoms with van der Waals surface area (Å²) in [6, 6.07) is 6.52. The number of nitrogens with zero attached hydrogens (tertiary/aromatic N) is 2. The molecule has 142 valence electrons. The molecule has 0 aromatic heterocycles. The first-order valence-corrected chi connectivity index (χ1v) is 10.9. The molecular formula is C21H28Cl2N2O. The maximum absolute atomic E-state index is 13.2. The van der Waals surface area contributed by atoms with E-state index < -0.39 is 0 Å². The predicted molar refractivity (Wildman–Crippen MR) is 107 cm³/mol. The van der Waals surface area contributed by atoms with Crippen molar-refractivity contribution in [2.75, 3.05) is 19.6 Å². The predicted octanol–water partition coefficient (Wildman–Crippen LogP) is 4.79. The van der Waals surface area contributed by atoms with Crippen LogP contribution in [-0.4, -0.2) is 47.4 Å². The van der Waals surface area contributed by atoms with Gasteiger partial charge in [0.1, 0.15) is 0 Å². The highest BCUT2D eigenvalue weighted by molar-refractivity contribution is 6.42. The number of hydrogen-bond donors (Lipinski definition) is 0. The summed E-state index contributed by atoms with van der Waals surface area (Å²) in [6.07, 6.45) is 9.32. The van der Waals surface area contributed by atoms with Crippen LogP contribution >= 0.6 is 23.2 Å². The molecule has 3 atom stereocenters. The number of carbonyl (C=O) groups excluding carboxylic acids is 1. The molecule has 1 aliphatic carbocycles. The van der Waals surface area contributed by atoms with Gasteiger partial charge in [0, 0.05) is 12.6 Å². The summed E-state index contributed by atoms with van der Waals surface area (Å²) in [5.74, 6) is 0.935. The number of fused-ring (bicyclic) bond motifs is 1. The summed E-state index contributed by atoms with van der Waals surface area (Å²) < 4.78 is 0. The van der Waals surface area contributed by atoms with E-state index in [4.69, 9.17) is 23.2 Å². The quantitative estimate of drug-likeness (QED) is 0.735. The standard InChI is InChI=1S/C21H28Cl2N2O/c22-17-9-8-15(13-18(17)23)14-20(26)25-12-4-6-16-5-3-7-19(21(16)25)24-10-1-2-11-24/h8-9,13,16,19,21H,1-7,10-12,14H2/t16-,19+,21+/m0/s1. The zero-order chi connectivity index (χ0) is 18.1. The van der Waals surface area contributed by atoms with Gasteiger partial charge in [-0.25, -0.2) is 0 Å². The number of carbonyl (C=O) groups is 1. The van der Waals surface area contributed by atoms with Crippen molar-refractivity contribution in [1.29, 1.82) is 0 Å². The van der Waals surface area contributed by atoms with Gasteiger partial charge in [-0.2, -0.15) is 0 Å². The van der Waals surface area contributed by atoms with E-state index in [1.165, 1.54) is 51.6 Å². The largest absolute Gasteiger partial charge is 0.338 e. The number of piperidine rings is 1. The summed E-state index contributed by atoms with van der Waals surface area (Å²) in [6.45, 7) is 3.33. The molecule has 2 aliphatic heterocycles. The Bertz CT molecular complexity index is 657. The van der Waals surface area contributed by atoms with Crippen molar-refractivity contribution < 1.29 is 4.79 Å². The van der Waals surface area contributed by atoms with E-state index in [0.717, 1.165) is 18.5 Å². The summed E-state index contributed by atoms with van der Waals surface area (Å²) >= 11 is 12.2. The molecule has 3 nitrogen and oxygen atoms in total. The molecule has 4 rings (SSSR count). The van der Waals surface area contributed by atoms with E-state index in [0.29, 0.717) is 34.5 Å². The van der Waals surface area contributed by atoms with Crippen LogP contribution in [0, 0.1) is 5.92 Å². The van der Waals surface area contributed by atoms with Gasteiger partial charge in [-0.1, -0.05) is 35.7 Å². The fourth-order valence-corrected chi connectivity index (χ4v) is 5.70. The van der Waals surface area contributed by atoms with Crippen molar-refractivity contribution in [2.24, 2.45) is 5.92 Å². The third kappa shape index (κ3) is 3.76. The SMILES string of the molecule is O=C(Cc1ccc(Cl)c(Cl)c1)N1CCC[C@@H]2CCC[C@@H](N3CCCC3)[C@@H]21. The van der Waals surface area contributed by atoms with Crippen LogP contribution in [0.1, 0.15) is 50.5 Å². The highest BCUT2D eigenvalue weighted by atomic mass is 35.5. The maximum atomic E-state index is 13.2. The lowest BCUT2D eigenvalue weighted by Gasteiger charge is -2.51. The summed E-state index contributed by atoms with van der Waals surface area (Å²) in [5, 5.41) is 1.07. The molecule has 0 bridgehead atoms. The van der Waals surface area contributed by atoms with Gasteiger partial charge in [-0.15, -0.1) is 0 Å². The van der Waals surface area contributed by atoms with Crippen LogP contribution in [-0.2, 0) is 11.2 Å². The van der Waals surface area contributed by atoms with Crippen molar-refractivity contribution in [3.05, 3.63) is 33.8 Å². The smallest absolute Gasteiger partial charge is 0.227 e. The van der Waals surface area contributed by atoms with Gasteiger partial charge in [-0.3, -0.25) is 9.69 Å². The second kappa shape index (κ2) is 8.08. The Morgan fingerprint density at radius 3 is 2.50 bits per heavy atom. The van der Waals surface area contributed by atoms with E-state index in [9.17, 15) is 4.79 Å². The summed E-state index contributed by atoms with van der Waals surface area (Å²) in [7, 11) is 0. The fraction of sp³-hybridized carbons (Fsp3) is 0.667. The second-order valence-electron chi connectivity index (χ2n) is 8.15. The Hall–Kier alpha value is -0.770. The van der Waals surface area contributed by atoms with Gasteiger partial charge in [0.25, 0.3) is 0 Å². The number of amides is 1. The molecule has 26 heavy (non-hydrogen) atoms. The molecule has 2 heterocycles. The maximum Gasteiger partial charge on any atom is 0.227 e. The molecule has 0 N–H and O–H groups in total. The van der Waals surface area contributed by atoms with E-state index in [2.05, 4.69) is 9.80 Å². The van der Waals surface area contributed by atoms with E-state index in [1.807, 2.05) is 12.1 Å². The zero-order valence-electron chi connectivity index (χ0n) is 15.3. The zero-order valence-corrected chi connectivity index (χ0v) is 16.8. The van der Waals surface area contributed by atoms with Crippen molar-refractivity contribution >= 4 is 29.1 Å².